The van der Waals surface area contributed by atoms with Crippen LogP contribution in [0.2, 0.25) is 0 Å². The van der Waals surface area contributed by atoms with Gasteiger partial charge in [-0.15, -0.1) is 0 Å². The molecule has 1 fully saturated rings. The van der Waals surface area contributed by atoms with E-state index in [2.05, 4.69) is 0 Å². The molecule has 2 rings (SSSR count). The summed E-state index contributed by atoms with van der Waals surface area (Å²) in [4.78, 5) is 11.0. The fraction of sp³-hybridized carbons (Fsp3) is 0.462. The average molecular weight is 299 g/mol. The van der Waals surface area contributed by atoms with Gasteiger partial charge in [-0.1, -0.05) is 17.7 Å². The lowest BCUT2D eigenvalue weighted by Gasteiger charge is -2.33. The van der Waals surface area contributed by atoms with Crippen molar-refractivity contribution in [3.63, 3.8) is 0 Å². The largest absolute Gasteiger partial charge is 0.481 e. The van der Waals surface area contributed by atoms with Gasteiger partial charge in [0.1, 0.15) is 0 Å². The fourth-order valence-corrected chi connectivity index (χ4v) is 3.76. The zero-order valence-electron chi connectivity index (χ0n) is 11.2. The summed E-state index contributed by atoms with van der Waals surface area (Å²) in [6.07, 6.45) is -0.259. The number of ether oxygens (including phenoxy) is 1. The molecular weight excluding hydrogens is 282 g/mol. The molecule has 1 aliphatic heterocycles. The second kappa shape index (κ2) is 5.90. The Morgan fingerprint density at radius 3 is 2.65 bits per heavy atom. The molecule has 1 unspecified atom stereocenters. The van der Waals surface area contributed by atoms with E-state index >= 15 is 0 Å². The molecule has 0 radical (unpaired) electrons. The number of nitrogens with zero attached hydrogens (tertiary/aromatic N) is 1. The second-order valence-electron chi connectivity index (χ2n) is 4.76. The molecule has 1 aliphatic rings. The number of benzene rings is 1. The average Bonchev–Trinajstić information content (AvgIpc) is 2.39. The van der Waals surface area contributed by atoms with E-state index in [1.165, 1.54) is 16.4 Å². The molecule has 0 aromatic heterocycles. The third-order valence-corrected chi connectivity index (χ3v) is 5.18. The summed E-state index contributed by atoms with van der Waals surface area (Å²) in [7, 11) is -3.68. The summed E-state index contributed by atoms with van der Waals surface area (Å²) in [5, 5.41) is 8.88. The predicted molar refractivity (Wildman–Crippen MR) is 71.9 cm³/mol. The van der Waals surface area contributed by atoms with E-state index in [1.54, 1.807) is 12.1 Å². The minimum atomic E-state index is -3.68. The van der Waals surface area contributed by atoms with Crippen molar-refractivity contribution in [2.75, 3.05) is 19.8 Å². The highest BCUT2D eigenvalue weighted by atomic mass is 32.2. The molecule has 1 atom stereocenters. The van der Waals surface area contributed by atoms with E-state index in [9.17, 15) is 13.2 Å². The molecule has 0 saturated carbocycles. The van der Waals surface area contributed by atoms with Crippen molar-refractivity contribution < 1.29 is 23.1 Å². The van der Waals surface area contributed by atoms with Gasteiger partial charge in [0.15, 0.2) is 0 Å². The van der Waals surface area contributed by atoms with Gasteiger partial charge in [0, 0.05) is 6.54 Å². The lowest BCUT2D eigenvalue weighted by Crippen LogP contribution is -2.49. The number of sulfonamides is 1. The molecular formula is C13H17NO5S. The van der Waals surface area contributed by atoms with Crippen molar-refractivity contribution in [3.05, 3.63) is 29.8 Å². The number of aryl methyl sites for hydroxylation is 1. The van der Waals surface area contributed by atoms with Gasteiger partial charge < -0.3 is 9.84 Å². The van der Waals surface area contributed by atoms with Crippen LogP contribution in [0.5, 0.6) is 0 Å². The van der Waals surface area contributed by atoms with Crippen LogP contribution in [-0.2, 0) is 19.6 Å². The molecule has 0 bridgehead atoms. The van der Waals surface area contributed by atoms with E-state index in [0.29, 0.717) is 0 Å². The Morgan fingerprint density at radius 1 is 1.40 bits per heavy atom. The van der Waals surface area contributed by atoms with Crippen molar-refractivity contribution >= 4 is 16.0 Å². The number of hydrogen-bond acceptors (Lipinski definition) is 4. The summed E-state index contributed by atoms with van der Waals surface area (Å²) >= 11 is 0. The molecule has 0 spiro atoms. The highest BCUT2D eigenvalue weighted by Gasteiger charge is 2.35. The van der Waals surface area contributed by atoms with Crippen LogP contribution in [-0.4, -0.2) is 49.6 Å². The van der Waals surface area contributed by atoms with Crippen LogP contribution in [0, 0.1) is 6.92 Å². The number of carbonyl (C=O) groups is 1. The zero-order chi connectivity index (χ0) is 14.8. The first-order valence-corrected chi connectivity index (χ1v) is 7.73. The molecule has 6 nitrogen and oxygen atoms in total. The lowest BCUT2D eigenvalue weighted by atomic mass is 10.2. The van der Waals surface area contributed by atoms with E-state index in [0.717, 1.165) is 5.56 Å². The number of aliphatic carboxylic acids is 1. The minimum absolute atomic E-state index is 0.109. The topological polar surface area (TPSA) is 83.9 Å². The summed E-state index contributed by atoms with van der Waals surface area (Å²) in [6.45, 7) is 2.44. The molecule has 20 heavy (non-hydrogen) atoms. The van der Waals surface area contributed by atoms with Crippen molar-refractivity contribution in [3.8, 4) is 0 Å². The number of carboxylic acids is 1. The molecule has 1 saturated heterocycles. The van der Waals surface area contributed by atoms with Crippen LogP contribution in [0.4, 0.5) is 0 Å². The van der Waals surface area contributed by atoms with Crippen molar-refractivity contribution in [2.24, 2.45) is 0 Å². The Kier molecular flexibility index (Phi) is 4.42. The quantitative estimate of drug-likeness (QED) is 0.891. The lowest BCUT2D eigenvalue weighted by molar-refractivity contribution is -0.139. The van der Waals surface area contributed by atoms with Crippen LogP contribution in [0.3, 0.4) is 0 Å². The van der Waals surface area contributed by atoms with E-state index in [1.807, 2.05) is 6.92 Å². The summed E-state index contributed by atoms with van der Waals surface area (Å²) in [6, 6.07) is 5.86. The van der Waals surface area contributed by atoms with Crippen LogP contribution in [0.1, 0.15) is 12.0 Å². The predicted octanol–water partition coefficient (Wildman–Crippen LogP) is 0.859. The monoisotopic (exact) mass is 299 g/mol. The Hall–Kier alpha value is -1.44. The molecule has 1 aromatic carbocycles. The Bertz CT molecular complexity index is 581. The SMILES string of the molecule is Cc1ccc(S(=O)(=O)N2CCOCC2CC(=O)O)cc1. The molecule has 1 aromatic rings. The summed E-state index contributed by atoms with van der Waals surface area (Å²) < 4.78 is 31.6. The summed E-state index contributed by atoms with van der Waals surface area (Å²) in [5.74, 6) is -1.04. The van der Waals surface area contributed by atoms with Gasteiger partial charge in [-0.3, -0.25) is 4.79 Å². The van der Waals surface area contributed by atoms with Gasteiger partial charge in [0.25, 0.3) is 0 Å². The molecule has 0 aliphatic carbocycles. The van der Waals surface area contributed by atoms with Crippen molar-refractivity contribution in [1.82, 2.24) is 4.31 Å². The minimum Gasteiger partial charge on any atom is -0.481 e. The second-order valence-corrected chi connectivity index (χ2v) is 6.65. The maximum Gasteiger partial charge on any atom is 0.305 e. The Balaban J connectivity index is 2.30. The van der Waals surface area contributed by atoms with Gasteiger partial charge in [0.2, 0.25) is 10.0 Å². The van der Waals surface area contributed by atoms with Gasteiger partial charge in [-0.25, -0.2) is 8.42 Å². The van der Waals surface area contributed by atoms with Crippen LogP contribution in [0.15, 0.2) is 29.2 Å². The third-order valence-electron chi connectivity index (χ3n) is 3.21. The Morgan fingerprint density at radius 2 is 2.05 bits per heavy atom. The highest BCUT2D eigenvalue weighted by molar-refractivity contribution is 7.89. The highest BCUT2D eigenvalue weighted by Crippen LogP contribution is 2.22. The van der Waals surface area contributed by atoms with Gasteiger partial charge in [-0.2, -0.15) is 4.31 Å². The normalized spacial score (nSPS) is 20.8. The zero-order valence-corrected chi connectivity index (χ0v) is 12.0. The van der Waals surface area contributed by atoms with E-state index in [-0.39, 0.29) is 31.1 Å². The summed E-state index contributed by atoms with van der Waals surface area (Å²) in [5.41, 5.74) is 0.966. The van der Waals surface area contributed by atoms with Crippen LogP contribution in [0.25, 0.3) is 0 Å². The molecule has 0 amide bonds. The van der Waals surface area contributed by atoms with Crippen molar-refractivity contribution in [2.45, 2.75) is 24.3 Å². The first-order chi connectivity index (χ1) is 9.41. The maximum absolute atomic E-state index is 12.6. The van der Waals surface area contributed by atoms with Gasteiger partial charge in [0.05, 0.1) is 30.6 Å². The van der Waals surface area contributed by atoms with Crippen molar-refractivity contribution in [1.29, 1.82) is 0 Å². The fourth-order valence-electron chi connectivity index (χ4n) is 2.16. The van der Waals surface area contributed by atoms with E-state index in [4.69, 9.17) is 9.84 Å². The smallest absolute Gasteiger partial charge is 0.305 e. The Labute approximate surface area is 118 Å². The molecule has 110 valence electrons. The maximum atomic E-state index is 12.6. The number of morpholine rings is 1. The number of rotatable bonds is 4. The number of hydrogen-bond donors (Lipinski definition) is 1. The van der Waals surface area contributed by atoms with E-state index < -0.39 is 22.0 Å². The third kappa shape index (κ3) is 3.17. The number of carboxylic acid groups (broad SMARTS) is 1. The first kappa shape index (κ1) is 15.0. The van der Waals surface area contributed by atoms with Gasteiger partial charge >= 0.3 is 5.97 Å². The van der Waals surface area contributed by atoms with Crippen LogP contribution >= 0.6 is 0 Å². The standard InChI is InChI=1S/C13H17NO5S/c1-10-2-4-12(5-3-10)20(17,18)14-6-7-19-9-11(14)8-13(15)16/h2-5,11H,6-9H2,1H3,(H,15,16). The molecule has 1 heterocycles. The van der Waals surface area contributed by atoms with Gasteiger partial charge in [-0.05, 0) is 19.1 Å². The molecule has 7 heteroatoms. The molecule has 1 N–H and O–H groups in total. The first-order valence-electron chi connectivity index (χ1n) is 6.29. The van der Waals surface area contributed by atoms with Crippen LogP contribution < -0.4 is 0 Å².